The third-order valence-corrected chi connectivity index (χ3v) is 9.49. The van der Waals surface area contributed by atoms with Crippen molar-refractivity contribution in [3.05, 3.63) is 0 Å². The fraction of sp³-hybridized carbons (Fsp3) is 0.952. The predicted octanol–water partition coefficient (Wildman–Crippen LogP) is 1.25. The molecular formula is C21H36N4O2S. The minimum Gasteiger partial charge on any atom is -0.389 e. The number of nitrogens with zero attached hydrogens (tertiary/aromatic N) is 1. The number of rotatable bonds is 4. The maximum absolute atomic E-state index is 13.2. The van der Waals surface area contributed by atoms with Crippen LogP contribution >= 0.6 is 11.8 Å². The standard InChI is InChI=1S/C21H36N4O2S/c1-13-4-2-5-15-14(13)10-17(23-15)19(26)25-9-6-16-18(11-25)28-20(24-16)22-12-21(27)7-3-8-21/h13-18,20,22-24,27H,2-12H2,1H3. The molecule has 158 valence electrons. The third-order valence-electron chi connectivity index (χ3n) is 8.09. The minimum atomic E-state index is -0.486. The van der Waals surface area contributed by atoms with Gasteiger partial charge in [-0.3, -0.25) is 15.4 Å². The Hall–Kier alpha value is -0.340. The monoisotopic (exact) mass is 408 g/mol. The lowest BCUT2D eigenvalue weighted by molar-refractivity contribution is -0.134. The second-order valence-corrected chi connectivity index (χ2v) is 11.3. The van der Waals surface area contributed by atoms with Gasteiger partial charge in [-0.1, -0.05) is 19.8 Å². The van der Waals surface area contributed by atoms with Crippen LogP contribution in [0.15, 0.2) is 0 Å². The first-order chi connectivity index (χ1) is 13.5. The Morgan fingerprint density at radius 1 is 1.21 bits per heavy atom. The van der Waals surface area contributed by atoms with Crippen LogP contribution in [0, 0.1) is 11.8 Å². The summed E-state index contributed by atoms with van der Waals surface area (Å²) in [6.07, 6.45) is 8.90. The molecule has 0 radical (unpaired) electrons. The first-order valence-corrected chi connectivity index (χ1v) is 12.4. The molecule has 2 aliphatic carbocycles. The van der Waals surface area contributed by atoms with E-state index in [2.05, 4.69) is 27.8 Å². The Labute approximate surface area is 172 Å². The molecule has 7 heteroatoms. The fourth-order valence-corrected chi connectivity index (χ4v) is 7.54. The van der Waals surface area contributed by atoms with E-state index in [9.17, 15) is 9.90 Å². The minimum absolute atomic E-state index is 0.0354. The molecule has 7 unspecified atom stereocenters. The van der Waals surface area contributed by atoms with E-state index in [1.165, 1.54) is 19.3 Å². The maximum atomic E-state index is 13.2. The predicted molar refractivity (Wildman–Crippen MR) is 112 cm³/mol. The van der Waals surface area contributed by atoms with Gasteiger partial charge in [0.25, 0.3) is 0 Å². The van der Waals surface area contributed by atoms with E-state index >= 15 is 0 Å². The Bertz CT molecular complexity index is 601. The van der Waals surface area contributed by atoms with E-state index in [0.717, 1.165) is 51.1 Å². The number of likely N-dealkylation sites (tertiary alicyclic amines) is 1. The lowest BCUT2D eigenvalue weighted by atomic mass is 9.77. The average Bonchev–Trinajstić information content (AvgIpc) is 3.28. The number of carbonyl (C=O) groups excluding carboxylic acids is 1. The zero-order chi connectivity index (χ0) is 19.3. The summed E-state index contributed by atoms with van der Waals surface area (Å²) >= 11 is 1.91. The molecule has 5 fully saturated rings. The summed E-state index contributed by atoms with van der Waals surface area (Å²) in [6, 6.07) is 1.07. The fourth-order valence-electron chi connectivity index (χ4n) is 6.08. The number of nitrogens with one attached hydrogen (secondary N) is 3. The van der Waals surface area contributed by atoms with Crippen molar-refractivity contribution >= 4 is 17.7 Å². The molecule has 28 heavy (non-hydrogen) atoms. The number of hydrogen-bond donors (Lipinski definition) is 4. The molecule has 0 aromatic heterocycles. The molecule has 5 aliphatic rings. The number of amides is 1. The Kier molecular flexibility index (Phi) is 5.41. The normalized spacial score (nSPS) is 44.6. The molecule has 3 heterocycles. The van der Waals surface area contributed by atoms with Gasteiger partial charge in [0.05, 0.1) is 11.6 Å². The molecule has 0 spiro atoms. The maximum Gasteiger partial charge on any atom is 0.239 e. The molecule has 5 rings (SSSR count). The molecule has 0 aromatic rings. The van der Waals surface area contributed by atoms with Crippen LogP contribution in [0.3, 0.4) is 0 Å². The van der Waals surface area contributed by atoms with Crippen molar-refractivity contribution in [1.82, 2.24) is 20.9 Å². The molecule has 4 N–H and O–H groups in total. The van der Waals surface area contributed by atoms with Gasteiger partial charge >= 0.3 is 0 Å². The largest absolute Gasteiger partial charge is 0.389 e. The summed E-state index contributed by atoms with van der Waals surface area (Å²) in [4.78, 5) is 15.3. The summed E-state index contributed by atoms with van der Waals surface area (Å²) in [6.45, 7) is 4.76. The number of piperidine rings is 1. The number of aliphatic hydroxyl groups is 1. The van der Waals surface area contributed by atoms with E-state index in [4.69, 9.17) is 0 Å². The first kappa shape index (κ1) is 19.6. The van der Waals surface area contributed by atoms with Gasteiger partial charge in [-0.25, -0.2) is 0 Å². The van der Waals surface area contributed by atoms with Crippen molar-refractivity contribution in [2.45, 2.75) is 92.8 Å². The van der Waals surface area contributed by atoms with Gasteiger partial charge in [-0.2, -0.15) is 0 Å². The summed E-state index contributed by atoms with van der Waals surface area (Å²) in [5, 5.41) is 21.6. The van der Waals surface area contributed by atoms with Crippen molar-refractivity contribution in [2.24, 2.45) is 11.8 Å². The number of thioether (sulfide) groups is 1. The van der Waals surface area contributed by atoms with E-state index < -0.39 is 5.60 Å². The van der Waals surface area contributed by atoms with Gasteiger partial charge in [0.2, 0.25) is 5.91 Å². The smallest absolute Gasteiger partial charge is 0.239 e. The van der Waals surface area contributed by atoms with Crippen LogP contribution < -0.4 is 16.0 Å². The second kappa shape index (κ2) is 7.73. The van der Waals surface area contributed by atoms with Crippen molar-refractivity contribution < 1.29 is 9.90 Å². The zero-order valence-corrected chi connectivity index (χ0v) is 17.8. The van der Waals surface area contributed by atoms with Gasteiger partial charge in [0, 0.05) is 37.0 Å². The van der Waals surface area contributed by atoms with Crippen LogP contribution in [-0.2, 0) is 4.79 Å². The molecule has 2 saturated carbocycles. The number of carbonyl (C=O) groups is 1. The highest BCUT2D eigenvalue weighted by atomic mass is 32.2. The van der Waals surface area contributed by atoms with Crippen LogP contribution in [0.5, 0.6) is 0 Å². The molecular weight excluding hydrogens is 372 g/mol. The highest BCUT2D eigenvalue weighted by Gasteiger charge is 2.45. The summed E-state index contributed by atoms with van der Waals surface area (Å²) in [7, 11) is 0. The van der Waals surface area contributed by atoms with Gasteiger partial charge in [0.1, 0.15) is 5.50 Å². The topological polar surface area (TPSA) is 76.6 Å². The van der Waals surface area contributed by atoms with Crippen LogP contribution in [0.4, 0.5) is 0 Å². The van der Waals surface area contributed by atoms with Crippen molar-refractivity contribution in [1.29, 1.82) is 0 Å². The van der Waals surface area contributed by atoms with Crippen LogP contribution in [0.1, 0.15) is 58.3 Å². The van der Waals surface area contributed by atoms with Crippen LogP contribution in [-0.4, -0.2) is 70.0 Å². The first-order valence-electron chi connectivity index (χ1n) is 11.4. The molecule has 7 atom stereocenters. The summed E-state index contributed by atoms with van der Waals surface area (Å²) < 4.78 is 0. The van der Waals surface area contributed by atoms with E-state index in [0.29, 0.717) is 35.7 Å². The van der Waals surface area contributed by atoms with Crippen molar-refractivity contribution in [3.63, 3.8) is 0 Å². The highest BCUT2D eigenvalue weighted by molar-refractivity contribution is 8.00. The van der Waals surface area contributed by atoms with Crippen LogP contribution in [0.25, 0.3) is 0 Å². The second-order valence-electron chi connectivity index (χ2n) is 9.99. The number of hydrogen-bond acceptors (Lipinski definition) is 6. The van der Waals surface area contributed by atoms with Gasteiger partial charge < -0.3 is 15.3 Å². The van der Waals surface area contributed by atoms with Gasteiger partial charge in [-0.05, 0) is 50.4 Å². The lowest BCUT2D eigenvalue weighted by Gasteiger charge is -2.37. The molecule has 3 saturated heterocycles. The third kappa shape index (κ3) is 3.73. The molecule has 3 aliphatic heterocycles. The number of fused-ring (bicyclic) bond motifs is 2. The molecule has 0 bridgehead atoms. The Morgan fingerprint density at radius 3 is 2.82 bits per heavy atom. The SMILES string of the molecule is CC1CCCC2NC(C(=O)N3CCC4NC(NCC5(O)CCC5)SC4C3)CC12. The molecule has 1 amide bonds. The van der Waals surface area contributed by atoms with Crippen molar-refractivity contribution in [3.8, 4) is 0 Å². The Morgan fingerprint density at radius 2 is 2.07 bits per heavy atom. The van der Waals surface area contributed by atoms with Gasteiger partial charge in [-0.15, -0.1) is 11.8 Å². The quantitative estimate of drug-likeness (QED) is 0.561. The van der Waals surface area contributed by atoms with E-state index in [-0.39, 0.29) is 11.5 Å². The molecule has 6 nitrogen and oxygen atoms in total. The average molecular weight is 409 g/mol. The molecule has 0 aromatic carbocycles. The van der Waals surface area contributed by atoms with Crippen LogP contribution in [0.2, 0.25) is 0 Å². The van der Waals surface area contributed by atoms with E-state index in [1.807, 2.05) is 11.8 Å². The zero-order valence-electron chi connectivity index (χ0n) is 17.0. The van der Waals surface area contributed by atoms with E-state index in [1.54, 1.807) is 0 Å². The van der Waals surface area contributed by atoms with Gasteiger partial charge in [0.15, 0.2) is 0 Å². The lowest BCUT2D eigenvalue weighted by Crippen LogP contribution is -2.54. The Balaban J connectivity index is 1.13. The highest BCUT2D eigenvalue weighted by Crippen LogP contribution is 2.39. The van der Waals surface area contributed by atoms with Crippen molar-refractivity contribution in [2.75, 3.05) is 19.6 Å². The summed E-state index contributed by atoms with van der Waals surface area (Å²) in [5.41, 5.74) is -0.289. The summed E-state index contributed by atoms with van der Waals surface area (Å²) in [5.74, 6) is 1.77.